The normalized spacial score (nSPS) is 17.6. The summed E-state index contributed by atoms with van der Waals surface area (Å²) in [4.78, 5) is 30.8. The number of ketones is 1. The number of Topliss-reactive ketones (excluding diaryl/α,β-unsaturated/α-hetero) is 1. The topological polar surface area (TPSA) is 73.4 Å². The number of fused-ring (bicyclic) bond motifs is 1. The van der Waals surface area contributed by atoms with Crippen molar-refractivity contribution in [2.24, 2.45) is 0 Å². The Kier molecular flexibility index (Phi) is 5.67. The first-order valence-corrected chi connectivity index (χ1v) is 11.2. The molecule has 7 heteroatoms. The third-order valence-electron chi connectivity index (χ3n) is 6.12. The van der Waals surface area contributed by atoms with Crippen molar-refractivity contribution >= 4 is 40.0 Å². The van der Waals surface area contributed by atoms with Crippen LogP contribution in [0.15, 0.2) is 84.6 Å². The number of para-hydroxylation sites is 1. The van der Waals surface area contributed by atoms with Crippen LogP contribution >= 0.6 is 11.6 Å². The fraction of sp³-hybridized carbons (Fsp3) is 0.111. The van der Waals surface area contributed by atoms with Crippen molar-refractivity contribution in [3.8, 4) is 0 Å². The molecule has 0 aliphatic carbocycles. The van der Waals surface area contributed by atoms with E-state index in [0.29, 0.717) is 22.6 Å². The van der Waals surface area contributed by atoms with E-state index in [2.05, 4.69) is 4.98 Å². The fourth-order valence-electron chi connectivity index (χ4n) is 4.48. The summed E-state index contributed by atoms with van der Waals surface area (Å²) in [6, 6.07) is 18.9. The van der Waals surface area contributed by atoms with Gasteiger partial charge in [-0.05, 0) is 60.0 Å². The minimum absolute atomic E-state index is 0.0724. The van der Waals surface area contributed by atoms with Gasteiger partial charge < -0.3 is 15.0 Å². The molecule has 1 amide bonds. The van der Waals surface area contributed by atoms with Crippen LogP contribution in [-0.2, 0) is 16.0 Å². The Morgan fingerprint density at radius 1 is 1.03 bits per heavy atom. The van der Waals surface area contributed by atoms with E-state index in [1.54, 1.807) is 30.3 Å². The van der Waals surface area contributed by atoms with Crippen LogP contribution in [0.25, 0.3) is 16.7 Å². The lowest BCUT2D eigenvalue weighted by Crippen LogP contribution is -2.31. The van der Waals surface area contributed by atoms with Crippen LogP contribution in [0.5, 0.6) is 0 Å². The van der Waals surface area contributed by atoms with Crippen molar-refractivity contribution in [3.63, 3.8) is 0 Å². The Bertz CT molecular complexity index is 1440. The van der Waals surface area contributed by atoms with Crippen molar-refractivity contribution in [1.82, 2.24) is 9.88 Å². The second-order valence-corrected chi connectivity index (χ2v) is 8.60. The van der Waals surface area contributed by atoms with Crippen molar-refractivity contribution in [2.75, 3.05) is 6.54 Å². The van der Waals surface area contributed by atoms with Crippen molar-refractivity contribution in [2.45, 2.75) is 12.5 Å². The van der Waals surface area contributed by atoms with E-state index in [9.17, 15) is 19.1 Å². The van der Waals surface area contributed by atoms with Gasteiger partial charge in [0.2, 0.25) is 0 Å². The molecule has 2 N–H and O–H groups in total. The molecular formula is C27H20ClFN2O3. The number of amides is 1. The van der Waals surface area contributed by atoms with Gasteiger partial charge in [0, 0.05) is 34.2 Å². The van der Waals surface area contributed by atoms with Gasteiger partial charge in [0.25, 0.3) is 11.7 Å². The molecule has 34 heavy (non-hydrogen) atoms. The van der Waals surface area contributed by atoms with Crippen molar-refractivity contribution in [1.29, 1.82) is 0 Å². The second kappa shape index (κ2) is 8.80. The molecular weight excluding hydrogens is 455 g/mol. The summed E-state index contributed by atoms with van der Waals surface area (Å²) in [5.41, 5.74) is 2.66. The molecule has 1 aromatic heterocycles. The van der Waals surface area contributed by atoms with Gasteiger partial charge in [-0.1, -0.05) is 41.9 Å². The summed E-state index contributed by atoms with van der Waals surface area (Å²) >= 11 is 5.95. The number of likely N-dealkylation sites (tertiary alicyclic amines) is 1. The van der Waals surface area contributed by atoms with Crippen molar-refractivity contribution < 1.29 is 19.1 Å². The lowest BCUT2D eigenvalue weighted by molar-refractivity contribution is -0.139. The number of benzene rings is 3. The molecule has 3 aromatic carbocycles. The monoisotopic (exact) mass is 474 g/mol. The van der Waals surface area contributed by atoms with E-state index < -0.39 is 23.5 Å². The zero-order valence-corrected chi connectivity index (χ0v) is 18.7. The highest BCUT2D eigenvalue weighted by Crippen LogP contribution is 2.40. The standard InChI is InChI=1S/C27H20ClFN2O3/c28-19-10-8-16(9-11-19)25(32)23-24(17-4-3-5-20(29)14-17)31(27(34)26(23)33)13-12-18-15-30-22-7-2-1-6-21(18)22/h1-11,14-15,24,30,32H,12-13H2/b25-23+. The molecule has 0 bridgehead atoms. The fourth-order valence-corrected chi connectivity index (χ4v) is 4.60. The van der Waals surface area contributed by atoms with Crippen molar-refractivity contribution in [3.05, 3.63) is 112 Å². The molecule has 0 radical (unpaired) electrons. The third kappa shape index (κ3) is 3.86. The molecule has 1 aliphatic rings. The van der Waals surface area contributed by atoms with E-state index in [0.717, 1.165) is 16.5 Å². The van der Waals surface area contributed by atoms with Gasteiger partial charge in [-0.15, -0.1) is 0 Å². The smallest absolute Gasteiger partial charge is 0.295 e. The van der Waals surface area contributed by atoms with Crippen LogP contribution in [0.3, 0.4) is 0 Å². The zero-order valence-electron chi connectivity index (χ0n) is 18.0. The summed E-state index contributed by atoms with van der Waals surface area (Å²) in [7, 11) is 0. The number of aliphatic hydroxyl groups excluding tert-OH is 1. The number of nitrogens with zero attached hydrogens (tertiary/aromatic N) is 1. The number of aromatic nitrogens is 1. The number of halogens is 2. The van der Waals surface area contributed by atoms with E-state index in [1.165, 1.54) is 23.1 Å². The lowest BCUT2D eigenvalue weighted by atomic mass is 9.95. The minimum atomic E-state index is -0.920. The molecule has 1 aliphatic heterocycles. The van der Waals surface area contributed by atoms with Crippen LogP contribution < -0.4 is 0 Å². The van der Waals surface area contributed by atoms with E-state index in [4.69, 9.17) is 11.6 Å². The Labute approximate surface area is 200 Å². The van der Waals surface area contributed by atoms with E-state index in [-0.39, 0.29) is 17.9 Å². The predicted molar refractivity (Wildman–Crippen MR) is 129 cm³/mol. The summed E-state index contributed by atoms with van der Waals surface area (Å²) in [5, 5.41) is 12.5. The van der Waals surface area contributed by atoms with Crippen LogP contribution in [0, 0.1) is 5.82 Å². The number of aromatic amines is 1. The minimum Gasteiger partial charge on any atom is -0.507 e. The summed E-state index contributed by atoms with van der Waals surface area (Å²) in [6.45, 7) is 0.213. The molecule has 0 spiro atoms. The Morgan fingerprint density at radius 2 is 1.79 bits per heavy atom. The highest BCUT2D eigenvalue weighted by atomic mass is 35.5. The molecule has 170 valence electrons. The molecule has 0 saturated carbocycles. The summed E-state index contributed by atoms with van der Waals surface area (Å²) < 4.78 is 14.1. The molecule has 1 atom stereocenters. The van der Waals surface area contributed by atoms with Crippen LogP contribution in [0.1, 0.15) is 22.7 Å². The SMILES string of the molecule is O=C1C(=O)N(CCc2c[nH]c3ccccc23)C(c2cccc(F)c2)/C1=C(\O)c1ccc(Cl)cc1. The van der Waals surface area contributed by atoms with E-state index >= 15 is 0 Å². The quantitative estimate of drug-likeness (QED) is 0.224. The number of hydrogen-bond acceptors (Lipinski definition) is 3. The average Bonchev–Trinajstić information content (AvgIpc) is 3.36. The summed E-state index contributed by atoms with van der Waals surface area (Å²) in [5.74, 6) is -2.35. The van der Waals surface area contributed by atoms with Gasteiger partial charge in [-0.2, -0.15) is 0 Å². The van der Waals surface area contributed by atoms with Gasteiger partial charge in [0.05, 0.1) is 11.6 Å². The van der Waals surface area contributed by atoms with Gasteiger partial charge in [0.1, 0.15) is 11.6 Å². The Hall–Kier alpha value is -3.90. The lowest BCUT2D eigenvalue weighted by Gasteiger charge is -2.25. The van der Waals surface area contributed by atoms with Gasteiger partial charge in [-0.25, -0.2) is 4.39 Å². The van der Waals surface area contributed by atoms with Crippen LogP contribution in [0.2, 0.25) is 5.02 Å². The number of H-pyrrole nitrogens is 1. The molecule has 5 rings (SSSR count). The number of aliphatic hydroxyl groups is 1. The summed E-state index contributed by atoms with van der Waals surface area (Å²) in [6.07, 6.45) is 2.36. The largest absolute Gasteiger partial charge is 0.507 e. The van der Waals surface area contributed by atoms with Gasteiger partial charge in [0.15, 0.2) is 0 Å². The highest BCUT2D eigenvalue weighted by Gasteiger charge is 2.46. The number of carbonyl (C=O) groups is 2. The number of hydrogen-bond donors (Lipinski definition) is 2. The van der Waals surface area contributed by atoms with Gasteiger partial charge >= 0.3 is 0 Å². The first-order chi connectivity index (χ1) is 16.4. The molecule has 1 unspecified atom stereocenters. The molecule has 5 nitrogen and oxygen atoms in total. The number of rotatable bonds is 5. The van der Waals surface area contributed by atoms with Crippen LogP contribution in [-0.4, -0.2) is 33.2 Å². The van der Waals surface area contributed by atoms with E-state index in [1.807, 2.05) is 30.5 Å². The maximum Gasteiger partial charge on any atom is 0.295 e. The maximum atomic E-state index is 14.1. The second-order valence-electron chi connectivity index (χ2n) is 8.16. The predicted octanol–water partition coefficient (Wildman–Crippen LogP) is 5.62. The number of nitrogens with one attached hydrogen (secondary N) is 1. The third-order valence-corrected chi connectivity index (χ3v) is 6.37. The van der Waals surface area contributed by atoms with Gasteiger partial charge in [-0.3, -0.25) is 9.59 Å². The highest BCUT2D eigenvalue weighted by molar-refractivity contribution is 6.46. The molecule has 4 aromatic rings. The first-order valence-electron chi connectivity index (χ1n) is 10.8. The van der Waals surface area contributed by atoms with Crippen LogP contribution in [0.4, 0.5) is 4.39 Å². The Balaban J connectivity index is 1.57. The average molecular weight is 475 g/mol. The molecule has 1 fully saturated rings. The maximum absolute atomic E-state index is 14.1. The zero-order chi connectivity index (χ0) is 23.8. The molecule has 1 saturated heterocycles. The first kappa shape index (κ1) is 21.9. The molecule has 2 heterocycles. The Morgan fingerprint density at radius 3 is 2.56 bits per heavy atom. The number of carbonyl (C=O) groups excluding carboxylic acids is 2.